The molecule has 2 rings (SSSR count). The minimum atomic E-state index is -0.455. The van der Waals surface area contributed by atoms with Crippen LogP contribution in [-0.2, 0) is 6.54 Å². The molecule has 100 valence electrons. The van der Waals surface area contributed by atoms with Gasteiger partial charge >= 0.3 is 0 Å². The van der Waals surface area contributed by atoms with Crippen molar-refractivity contribution in [1.29, 1.82) is 0 Å². The third kappa shape index (κ3) is 3.01. The summed E-state index contributed by atoms with van der Waals surface area (Å²) < 4.78 is 7.28. The maximum absolute atomic E-state index is 10.8. The fourth-order valence-corrected chi connectivity index (χ4v) is 1.60. The van der Waals surface area contributed by atoms with Gasteiger partial charge in [-0.05, 0) is 6.92 Å². The Morgan fingerprint density at radius 3 is 2.79 bits per heavy atom. The molecule has 0 aliphatic rings. The molecule has 0 saturated heterocycles. The second kappa shape index (κ2) is 5.38. The van der Waals surface area contributed by atoms with Gasteiger partial charge in [0.15, 0.2) is 5.75 Å². The highest BCUT2D eigenvalue weighted by molar-refractivity contribution is 5.56. The fraction of sp³-hybridized carbons (Fsp3) is 0.250. The summed E-state index contributed by atoms with van der Waals surface area (Å²) in [6, 6.07) is 4.52. The Kier molecular flexibility index (Phi) is 3.65. The van der Waals surface area contributed by atoms with Crippen LogP contribution >= 0.6 is 0 Å². The molecule has 1 aromatic carbocycles. The summed E-state index contributed by atoms with van der Waals surface area (Å²) in [6.07, 6.45) is 3.30. The van der Waals surface area contributed by atoms with Gasteiger partial charge in [0.2, 0.25) is 0 Å². The molecule has 0 amide bonds. The summed E-state index contributed by atoms with van der Waals surface area (Å²) in [6.45, 7) is 2.70. The van der Waals surface area contributed by atoms with E-state index in [4.69, 9.17) is 4.74 Å². The Morgan fingerprint density at radius 1 is 1.42 bits per heavy atom. The van der Waals surface area contributed by atoms with E-state index in [0.717, 1.165) is 6.54 Å². The average molecular weight is 262 g/mol. The number of non-ortho nitro benzene ring substituents is 1. The number of hydrogen-bond donors (Lipinski definition) is 1. The summed E-state index contributed by atoms with van der Waals surface area (Å²) in [4.78, 5) is 10.4. The summed E-state index contributed by atoms with van der Waals surface area (Å²) in [7, 11) is 1.69. The molecule has 0 aliphatic carbocycles. The summed E-state index contributed by atoms with van der Waals surface area (Å²) in [5.74, 6) is 0.943. The highest BCUT2D eigenvalue weighted by atomic mass is 16.6. The van der Waals surface area contributed by atoms with Crippen LogP contribution in [0.4, 0.5) is 11.4 Å². The molecule has 1 aromatic heterocycles. The van der Waals surface area contributed by atoms with E-state index in [2.05, 4.69) is 10.4 Å². The molecule has 0 radical (unpaired) electrons. The van der Waals surface area contributed by atoms with E-state index in [-0.39, 0.29) is 5.69 Å². The Bertz CT molecular complexity index is 594. The lowest BCUT2D eigenvalue weighted by Gasteiger charge is -2.06. The van der Waals surface area contributed by atoms with Gasteiger partial charge in [0.05, 0.1) is 23.4 Å². The zero-order chi connectivity index (χ0) is 13.8. The van der Waals surface area contributed by atoms with Gasteiger partial charge in [-0.2, -0.15) is 5.10 Å². The van der Waals surface area contributed by atoms with E-state index in [1.807, 2.05) is 6.92 Å². The normalized spacial score (nSPS) is 10.2. The molecule has 2 aromatic rings. The number of anilines is 1. The number of nitro groups is 1. The number of benzene rings is 1. The molecule has 0 unspecified atom stereocenters. The van der Waals surface area contributed by atoms with Gasteiger partial charge in [-0.15, -0.1) is 0 Å². The van der Waals surface area contributed by atoms with Crippen molar-refractivity contribution in [3.05, 3.63) is 40.7 Å². The van der Waals surface area contributed by atoms with Crippen LogP contribution in [0.2, 0.25) is 0 Å². The molecule has 19 heavy (non-hydrogen) atoms. The van der Waals surface area contributed by atoms with Gasteiger partial charge in [0.1, 0.15) is 5.75 Å². The van der Waals surface area contributed by atoms with Crippen molar-refractivity contribution in [2.75, 3.05) is 12.4 Å². The highest BCUT2D eigenvalue weighted by Gasteiger charge is 2.11. The van der Waals surface area contributed by atoms with Crippen LogP contribution in [-0.4, -0.2) is 21.8 Å². The molecule has 0 fully saturated rings. The van der Waals surface area contributed by atoms with Crippen LogP contribution in [0.3, 0.4) is 0 Å². The molecular formula is C12H14N4O3. The zero-order valence-corrected chi connectivity index (χ0v) is 10.7. The Balaban J connectivity index is 2.28. The quantitative estimate of drug-likeness (QED) is 0.661. The SMILES string of the molecule is CCn1cc(Oc2cc(NC)cc([N+](=O)[O-])c2)cn1. The predicted molar refractivity (Wildman–Crippen MR) is 70.6 cm³/mol. The monoisotopic (exact) mass is 262 g/mol. The Labute approximate surface area is 110 Å². The Hall–Kier alpha value is -2.57. The first-order valence-corrected chi connectivity index (χ1v) is 5.80. The summed E-state index contributed by atoms with van der Waals surface area (Å²) >= 11 is 0. The highest BCUT2D eigenvalue weighted by Crippen LogP contribution is 2.29. The molecule has 0 spiro atoms. The molecule has 7 heteroatoms. The number of aryl methyl sites for hydroxylation is 1. The lowest BCUT2D eigenvalue weighted by Crippen LogP contribution is -1.94. The van der Waals surface area contributed by atoms with E-state index >= 15 is 0 Å². The van der Waals surface area contributed by atoms with Gasteiger partial charge in [0, 0.05) is 31.4 Å². The number of aromatic nitrogens is 2. The molecule has 0 saturated carbocycles. The average Bonchev–Trinajstić information content (AvgIpc) is 2.85. The fourth-order valence-electron chi connectivity index (χ4n) is 1.60. The van der Waals surface area contributed by atoms with E-state index in [1.165, 1.54) is 12.1 Å². The van der Waals surface area contributed by atoms with Crippen molar-refractivity contribution in [2.45, 2.75) is 13.5 Å². The number of nitrogens with zero attached hydrogens (tertiary/aromatic N) is 3. The maximum atomic E-state index is 10.8. The number of rotatable bonds is 5. The smallest absolute Gasteiger partial charge is 0.275 e. The number of nitro benzene ring substituents is 1. The zero-order valence-electron chi connectivity index (χ0n) is 10.7. The van der Waals surface area contributed by atoms with E-state index in [1.54, 1.807) is 30.2 Å². The van der Waals surface area contributed by atoms with Crippen molar-refractivity contribution >= 4 is 11.4 Å². The molecular weight excluding hydrogens is 248 g/mol. The van der Waals surface area contributed by atoms with Crippen LogP contribution in [0.15, 0.2) is 30.6 Å². The molecule has 0 atom stereocenters. The molecule has 1 N–H and O–H groups in total. The van der Waals surface area contributed by atoms with Crippen molar-refractivity contribution in [2.24, 2.45) is 0 Å². The van der Waals surface area contributed by atoms with Crippen molar-refractivity contribution in [3.63, 3.8) is 0 Å². The second-order valence-corrected chi connectivity index (χ2v) is 3.86. The second-order valence-electron chi connectivity index (χ2n) is 3.86. The number of hydrogen-bond acceptors (Lipinski definition) is 5. The van der Waals surface area contributed by atoms with E-state index < -0.39 is 4.92 Å². The van der Waals surface area contributed by atoms with E-state index in [0.29, 0.717) is 17.2 Å². The van der Waals surface area contributed by atoms with E-state index in [9.17, 15) is 10.1 Å². The molecule has 7 nitrogen and oxygen atoms in total. The van der Waals surface area contributed by atoms with Gasteiger partial charge in [0.25, 0.3) is 5.69 Å². The van der Waals surface area contributed by atoms with Crippen LogP contribution in [0, 0.1) is 10.1 Å². The third-order valence-electron chi connectivity index (χ3n) is 2.56. The summed E-state index contributed by atoms with van der Waals surface area (Å²) in [5.41, 5.74) is 0.594. The van der Waals surface area contributed by atoms with Crippen molar-refractivity contribution < 1.29 is 9.66 Å². The van der Waals surface area contributed by atoms with Crippen LogP contribution in [0.1, 0.15) is 6.92 Å². The van der Waals surface area contributed by atoms with Gasteiger partial charge in [-0.1, -0.05) is 0 Å². The minimum absolute atomic E-state index is 0.0234. The van der Waals surface area contributed by atoms with Crippen LogP contribution in [0.25, 0.3) is 0 Å². The Morgan fingerprint density at radius 2 is 2.21 bits per heavy atom. The lowest BCUT2D eigenvalue weighted by molar-refractivity contribution is -0.384. The standard InChI is InChI=1S/C12H14N4O3/c1-3-15-8-12(7-14-15)19-11-5-9(13-2)4-10(6-11)16(17)18/h4-8,13H,3H2,1-2H3. The molecule has 1 heterocycles. The van der Waals surface area contributed by atoms with Crippen LogP contribution < -0.4 is 10.1 Å². The lowest BCUT2D eigenvalue weighted by atomic mass is 10.2. The first kappa shape index (κ1) is 12.9. The molecule has 0 bridgehead atoms. The van der Waals surface area contributed by atoms with Gasteiger partial charge < -0.3 is 10.1 Å². The minimum Gasteiger partial charge on any atom is -0.454 e. The van der Waals surface area contributed by atoms with Gasteiger partial charge in [-0.3, -0.25) is 14.8 Å². The largest absolute Gasteiger partial charge is 0.454 e. The first-order valence-electron chi connectivity index (χ1n) is 5.80. The van der Waals surface area contributed by atoms with Crippen LogP contribution in [0.5, 0.6) is 11.5 Å². The topological polar surface area (TPSA) is 82.2 Å². The van der Waals surface area contributed by atoms with Gasteiger partial charge in [-0.25, -0.2) is 0 Å². The molecule has 0 aliphatic heterocycles. The summed E-state index contributed by atoms with van der Waals surface area (Å²) in [5, 5.41) is 17.8. The first-order chi connectivity index (χ1) is 9.12. The maximum Gasteiger partial charge on any atom is 0.275 e. The predicted octanol–water partition coefficient (Wildman–Crippen LogP) is 2.65. The third-order valence-corrected chi connectivity index (χ3v) is 2.56. The number of ether oxygens (including phenoxy) is 1. The van der Waals surface area contributed by atoms with Crippen molar-refractivity contribution in [1.82, 2.24) is 9.78 Å². The number of nitrogens with one attached hydrogen (secondary N) is 1. The van der Waals surface area contributed by atoms with Crippen molar-refractivity contribution in [3.8, 4) is 11.5 Å².